The Bertz CT molecular complexity index is 1260. The molecule has 8 nitrogen and oxygen atoms in total. The molecule has 0 spiro atoms. The molecule has 1 amide bonds. The third kappa shape index (κ3) is 2.64. The van der Waals surface area contributed by atoms with E-state index in [1.807, 2.05) is 30.3 Å². The standard InChI is InChI=1S/C25H24N4O4/c1-28(2)23(31)19-20(16-7-5-4-6-8-16)25(17-11-9-15(13-26)10-12-17)24(32,22(19)30)21-18(33-25)14-29(3)27-21/h4-12,14,19-20,22,30,32H,1-3H3/t19-,20-,22-,24+,25+/m1/s1. The number of aliphatic hydroxyl groups is 2. The maximum atomic E-state index is 13.4. The number of benzene rings is 2. The molecule has 2 heterocycles. The molecule has 8 heteroatoms. The van der Waals surface area contributed by atoms with Gasteiger partial charge in [0, 0.05) is 27.1 Å². The lowest BCUT2D eigenvalue weighted by Gasteiger charge is -2.40. The molecule has 1 saturated carbocycles. The van der Waals surface area contributed by atoms with Crippen LogP contribution in [-0.2, 0) is 23.0 Å². The highest BCUT2D eigenvalue weighted by atomic mass is 16.5. The highest BCUT2D eigenvalue weighted by molar-refractivity contribution is 5.82. The van der Waals surface area contributed by atoms with Gasteiger partial charge in [-0.25, -0.2) is 0 Å². The van der Waals surface area contributed by atoms with E-state index in [-0.39, 0.29) is 11.6 Å². The van der Waals surface area contributed by atoms with E-state index in [1.54, 1.807) is 51.6 Å². The number of nitriles is 1. The van der Waals surface area contributed by atoms with Gasteiger partial charge in [-0.2, -0.15) is 10.4 Å². The summed E-state index contributed by atoms with van der Waals surface area (Å²) < 4.78 is 8.06. The number of fused-ring (bicyclic) bond motifs is 3. The van der Waals surface area contributed by atoms with Crippen LogP contribution in [-0.4, -0.2) is 51.0 Å². The van der Waals surface area contributed by atoms with Gasteiger partial charge in [0.25, 0.3) is 0 Å². The molecule has 1 aliphatic heterocycles. The molecule has 0 bridgehead atoms. The Morgan fingerprint density at radius 3 is 2.45 bits per heavy atom. The van der Waals surface area contributed by atoms with E-state index in [1.165, 1.54) is 9.58 Å². The molecule has 0 radical (unpaired) electrons. The van der Waals surface area contributed by atoms with Gasteiger partial charge in [-0.15, -0.1) is 0 Å². The van der Waals surface area contributed by atoms with Gasteiger partial charge in [-0.3, -0.25) is 9.48 Å². The normalized spacial score (nSPS) is 29.6. The van der Waals surface area contributed by atoms with Gasteiger partial charge < -0.3 is 19.8 Å². The Labute approximate surface area is 191 Å². The van der Waals surface area contributed by atoms with E-state index in [0.29, 0.717) is 16.9 Å². The van der Waals surface area contributed by atoms with Gasteiger partial charge in [0.2, 0.25) is 5.91 Å². The zero-order chi connectivity index (χ0) is 23.5. The van der Waals surface area contributed by atoms with Crippen LogP contribution >= 0.6 is 0 Å². The van der Waals surface area contributed by atoms with Crippen molar-refractivity contribution in [2.75, 3.05) is 14.1 Å². The lowest BCUT2D eigenvalue weighted by molar-refractivity contribution is -0.158. The van der Waals surface area contributed by atoms with E-state index < -0.39 is 29.1 Å². The van der Waals surface area contributed by atoms with Crippen molar-refractivity contribution < 1.29 is 19.7 Å². The maximum absolute atomic E-state index is 13.4. The molecule has 1 aliphatic carbocycles. The number of carbonyl (C=O) groups excluding carboxylic acids is 1. The van der Waals surface area contributed by atoms with Crippen LogP contribution in [0.1, 0.15) is 28.3 Å². The Balaban J connectivity index is 1.85. The number of hydrogen-bond acceptors (Lipinski definition) is 6. The van der Waals surface area contributed by atoms with Crippen molar-refractivity contribution in [3.8, 4) is 11.8 Å². The van der Waals surface area contributed by atoms with Crippen LogP contribution in [0.15, 0.2) is 60.8 Å². The predicted molar refractivity (Wildman–Crippen MR) is 118 cm³/mol. The van der Waals surface area contributed by atoms with Crippen molar-refractivity contribution in [1.29, 1.82) is 5.26 Å². The molecule has 3 aromatic rings. The number of amides is 1. The Kier molecular flexibility index (Phi) is 4.60. The highest BCUT2D eigenvalue weighted by Crippen LogP contribution is 2.68. The molecule has 1 fully saturated rings. The number of carbonyl (C=O) groups is 1. The van der Waals surface area contributed by atoms with E-state index >= 15 is 0 Å². The molecular formula is C25H24N4O4. The van der Waals surface area contributed by atoms with Crippen molar-refractivity contribution in [3.63, 3.8) is 0 Å². The van der Waals surface area contributed by atoms with Crippen LogP contribution in [0.5, 0.6) is 5.75 Å². The zero-order valence-corrected chi connectivity index (χ0v) is 18.5. The molecular weight excluding hydrogens is 420 g/mol. The summed E-state index contributed by atoms with van der Waals surface area (Å²) in [5, 5.41) is 37.7. The molecule has 2 aromatic carbocycles. The summed E-state index contributed by atoms with van der Waals surface area (Å²) in [4.78, 5) is 14.9. The fourth-order valence-corrected chi connectivity index (χ4v) is 5.52. The molecule has 0 saturated heterocycles. The topological polar surface area (TPSA) is 112 Å². The third-order valence-corrected chi connectivity index (χ3v) is 6.89. The van der Waals surface area contributed by atoms with E-state index in [9.17, 15) is 20.3 Å². The quantitative estimate of drug-likeness (QED) is 0.635. The minimum absolute atomic E-state index is 0.192. The van der Waals surface area contributed by atoms with Crippen LogP contribution in [0.2, 0.25) is 0 Å². The van der Waals surface area contributed by atoms with Crippen molar-refractivity contribution in [1.82, 2.24) is 14.7 Å². The van der Waals surface area contributed by atoms with Gasteiger partial charge >= 0.3 is 0 Å². The van der Waals surface area contributed by atoms with Crippen LogP contribution in [0.3, 0.4) is 0 Å². The summed E-state index contributed by atoms with van der Waals surface area (Å²) in [6, 6.07) is 18.1. The smallest absolute Gasteiger partial charge is 0.228 e. The number of aryl methyl sites for hydroxylation is 1. The van der Waals surface area contributed by atoms with Gasteiger partial charge in [0.15, 0.2) is 17.0 Å². The molecule has 168 valence electrons. The molecule has 5 atom stereocenters. The average Bonchev–Trinajstić information content (AvgIpc) is 3.37. The summed E-state index contributed by atoms with van der Waals surface area (Å²) in [5.74, 6) is -1.72. The minimum atomic E-state index is -2.01. The monoisotopic (exact) mass is 444 g/mol. The lowest BCUT2D eigenvalue weighted by Crippen LogP contribution is -2.52. The van der Waals surface area contributed by atoms with Crippen molar-refractivity contribution in [3.05, 3.63) is 83.2 Å². The van der Waals surface area contributed by atoms with Crippen molar-refractivity contribution in [2.24, 2.45) is 13.0 Å². The van der Waals surface area contributed by atoms with Gasteiger partial charge in [-0.05, 0) is 23.3 Å². The summed E-state index contributed by atoms with van der Waals surface area (Å²) in [6.07, 6.45) is 0.151. The van der Waals surface area contributed by atoms with Gasteiger partial charge in [-0.1, -0.05) is 42.5 Å². The number of nitrogens with zero attached hydrogens (tertiary/aromatic N) is 4. The largest absolute Gasteiger partial charge is 0.475 e. The third-order valence-electron chi connectivity index (χ3n) is 6.89. The van der Waals surface area contributed by atoms with Crippen LogP contribution in [0.25, 0.3) is 0 Å². The maximum Gasteiger partial charge on any atom is 0.228 e. The van der Waals surface area contributed by atoms with Crippen LogP contribution < -0.4 is 4.74 Å². The molecule has 1 aromatic heterocycles. The first-order chi connectivity index (χ1) is 15.8. The number of aromatic nitrogens is 2. The second-order valence-electron chi connectivity index (χ2n) is 8.90. The molecule has 33 heavy (non-hydrogen) atoms. The fourth-order valence-electron chi connectivity index (χ4n) is 5.52. The Morgan fingerprint density at radius 2 is 1.85 bits per heavy atom. The van der Waals surface area contributed by atoms with E-state index in [4.69, 9.17) is 4.74 Å². The van der Waals surface area contributed by atoms with Gasteiger partial charge in [0.1, 0.15) is 11.8 Å². The SMILES string of the molecule is CN(C)C(=O)[C@H]1[C@@H](O)[C@@]2(O)c3nn(C)cc3O[C@@]2(c2ccc(C#N)cc2)[C@@H]1c1ccccc1. The molecule has 5 rings (SSSR count). The summed E-state index contributed by atoms with van der Waals surface area (Å²) in [5.41, 5.74) is -1.61. The number of hydrogen-bond donors (Lipinski definition) is 2. The van der Waals surface area contributed by atoms with Crippen LogP contribution in [0.4, 0.5) is 0 Å². The fraction of sp³-hybridized carbons (Fsp3) is 0.320. The summed E-state index contributed by atoms with van der Waals surface area (Å²) >= 11 is 0. The Morgan fingerprint density at radius 1 is 1.18 bits per heavy atom. The molecule has 2 aliphatic rings. The first-order valence-electron chi connectivity index (χ1n) is 10.7. The molecule has 2 N–H and O–H groups in total. The number of aliphatic hydroxyl groups excluding tert-OH is 1. The number of rotatable bonds is 3. The number of ether oxygens (including phenoxy) is 1. The van der Waals surface area contributed by atoms with Crippen molar-refractivity contribution in [2.45, 2.75) is 23.2 Å². The summed E-state index contributed by atoms with van der Waals surface area (Å²) in [7, 11) is 4.94. The Hall–Kier alpha value is -3.67. The lowest BCUT2D eigenvalue weighted by atomic mass is 9.71. The predicted octanol–water partition coefficient (Wildman–Crippen LogP) is 1.63. The first-order valence-corrected chi connectivity index (χ1v) is 10.7. The van der Waals surface area contributed by atoms with Gasteiger partial charge in [0.05, 0.1) is 23.7 Å². The average molecular weight is 444 g/mol. The zero-order valence-electron chi connectivity index (χ0n) is 18.5. The first kappa shape index (κ1) is 21.2. The van der Waals surface area contributed by atoms with Crippen molar-refractivity contribution >= 4 is 5.91 Å². The second-order valence-corrected chi connectivity index (χ2v) is 8.90. The minimum Gasteiger partial charge on any atom is -0.475 e. The van der Waals surface area contributed by atoms with Crippen LogP contribution in [0, 0.1) is 17.2 Å². The highest BCUT2D eigenvalue weighted by Gasteiger charge is 2.78. The molecule has 0 unspecified atom stereocenters. The second kappa shape index (κ2) is 7.17. The summed E-state index contributed by atoms with van der Waals surface area (Å²) in [6.45, 7) is 0. The van der Waals surface area contributed by atoms with E-state index in [2.05, 4.69) is 11.2 Å². The van der Waals surface area contributed by atoms with E-state index in [0.717, 1.165) is 5.56 Å².